The van der Waals surface area contributed by atoms with Gasteiger partial charge < -0.3 is 4.98 Å². The Morgan fingerprint density at radius 3 is 3.10 bits per heavy atom. The minimum atomic E-state index is -3.25. The number of rotatable bonds is 4. The lowest BCUT2D eigenvalue weighted by molar-refractivity contribution is 0.193. The van der Waals surface area contributed by atoms with Crippen molar-refractivity contribution in [3.8, 4) is 0 Å². The molecule has 3 heterocycles. The molecule has 0 radical (unpaired) electrons. The van der Waals surface area contributed by atoms with Gasteiger partial charge in [0.2, 0.25) is 0 Å². The van der Waals surface area contributed by atoms with Crippen LogP contribution in [0.25, 0.3) is 0 Å². The summed E-state index contributed by atoms with van der Waals surface area (Å²) in [5.74, 6) is 1.05. The number of H-pyrrole nitrogens is 1. The first-order valence-electron chi connectivity index (χ1n) is 6.77. The van der Waals surface area contributed by atoms with Crippen LogP contribution in [0, 0.1) is 0 Å². The largest absolute Gasteiger partial charge is 0.348 e. The fraction of sp³-hybridized carbons (Fsp3) is 0.583. The maximum absolute atomic E-state index is 11.8. The molecule has 3 rings (SSSR count). The van der Waals surface area contributed by atoms with E-state index in [0.717, 1.165) is 49.8 Å². The molecule has 114 valence electrons. The van der Waals surface area contributed by atoms with Crippen molar-refractivity contribution in [3.63, 3.8) is 0 Å². The van der Waals surface area contributed by atoms with Crippen LogP contribution in [0.1, 0.15) is 30.3 Å². The van der Waals surface area contributed by atoms with Gasteiger partial charge in [-0.2, -0.15) is 0 Å². The van der Waals surface area contributed by atoms with E-state index in [1.807, 2.05) is 6.20 Å². The van der Waals surface area contributed by atoms with Gasteiger partial charge in [-0.15, -0.1) is 5.10 Å². The van der Waals surface area contributed by atoms with E-state index < -0.39 is 9.84 Å². The molecule has 0 aromatic carbocycles. The van der Waals surface area contributed by atoms with Crippen molar-refractivity contribution in [2.75, 3.05) is 19.3 Å². The summed E-state index contributed by atoms with van der Waals surface area (Å²) in [5, 5.41) is 4.08. The van der Waals surface area contributed by atoms with Crippen LogP contribution >= 0.6 is 11.5 Å². The maximum Gasteiger partial charge on any atom is 0.188 e. The van der Waals surface area contributed by atoms with Crippen molar-refractivity contribution >= 4 is 21.4 Å². The molecule has 0 bridgehead atoms. The van der Waals surface area contributed by atoms with Crippen LogP contribution in [0.15, 0.2) is 16.6 Å². The van der Waals surface area contributed by atoms with Gasteiger partial charge in [0.15, 0.2) is 14.0 Å². The third-order valence-electron chi connectivity index (χ3n) is 3.64. The highest BCUT2D eigenvalue weighted by atomic mass is 32.2. The smallest absolute Gasteiger partial charge is 0.188 e. The average Bonchev–Trinajstić information content (AvgIpc) is 3.08. The Morgan fingerprint density at radius 1 is 1.52 bits per heavy atom. The quantitative estimate of drug-likeness (QED) is 0.902. The van der Waals surface area contributed by atoms with E-state index in [1.165, 1.54) is 6.26 Å². The fourth-order valence-corrected chi connectivity index (χ4v) is 4.45. The van der Waals surface area contributed by atoms with Crippen LogP contribution in [-0.2, 0) is 16.4 Å². The molecule has 7 nitrogen and oxygen atoms in total. The van der Waals surface area contributed by atoms with Gasteiger partial charge in [0.1, 0.15) is 5.82 Å². The summed E-state index contributed by atoms with van der Waals surface area (Å²) in [6, 6.07) is 0. The molecule has 0 aliphatic carbocycles. The van der Waals surface area contributed by atoms with Gasteiger partial charge in [-0.05, 0) is 19.4 Å². The second-order valence-corrected chi connectivity index (χ2v) is 8.29. The van der Waals surface area contributed by atoms with Crippen LogP contribution in [0.5, 0.6) is 0 Å². The summed E-state index contributed by atoms with van der Waals surface area (Å²) in [5.41, 5.74) is 0.631. The highest BCUT2D eigenvalue weighted by Crippen LogP contribution is 2.31. The molecule has 2 aromatic heterocycles. The number of aromatic amines is 1. The third-order valence-corrected chi connectivity index (χ3v) is 6.19. The Balaban J connectivity index is 1.76. The van der Waals surface area contributed by atoms with E-state index in [2.05, 4.69) is 24.5 Å². The molecular weight excluding hydrogens is 310 g/mol. The monoisotopic (exact) mass is 327 g/mol. The van der Waals surface area contributed by atoms with Crippen LogP contribution in [0.4, 0.5) is 0 Å². The van der Waals surface area contributed by atoms with Gasteiger partial charge in [-0.1, -0.05) is 4.49 Å². The first-order valence-corrected chi connectivity index (χ1v) is 9.43. The van der Waals surface area contributed by atoms with Crippen molar-refractivity contribution in [3.05, 3.63) is 23.9 Å². The summed E-state index contributed by atoms with van der Waals surface area (Å²) in [6.45, 7) is 2.52. The minimum Gasteiger partial charge on any atom is -0.348 e. The van der Waals surface area contributed by atoms with E-state index in [0.29, 0.717) is 9.90 Å². The first kappa shape index (κ1) is 14.6. The highest BCUT2D eigenvalue weighted by molar-refractivity contribution is 7.92. The molecule has 0 spiro atoms. The van der Waals surface area contributed by atoms with E-state index in [-0.39, 0.29) is 5.92 Å². The van der Waals surface area contributed by atoms with Crippen LogP contribution < -0.4 is 0 Å². The lowest BCUT2D eigenvalue weighted by Gasteiger charge is -2.31. The number of likely N-dealkylation sites (tertiary alicyclic amines) is 1. The van der Waals surface area contributed by atoms with Gasteiger partial charge in [0.05, 0.1) is 12.2 Å². The molecule has 1 atom stereocenters. The number of piperidine rings is 1. The Hall–Kier alpha value is -1.32. The summed E-state index contributed by atoms with van der Waals surface area (Å²) in [4.78, 5) is 9.61. The Morgan fingerprint density at radius 2 is 2.38 bits per heavy atom. The van der Waals surface area contributed by atoms with Crippen LogP contribution in [-0.4, -0.2) is 52.2 Å². The molecule has 0 saturated carbocycles. The van der Waals surface area contributed by atoms with Crippen molar-refractivity contribution in [2.24, 2.45) is 0 Å². The number of aromatic nitrogens is 4. The number of imidazole rings is 1. The van der Waals surface area contributed by atoms with Gasteiger partial charge in [0, 0.05) is 42.6 Å². The zero-order valence-corrected chi connectivity index (χ0v) is 13.3. The van der Waals surface area contributed by atoms with Gasteiger partial charge in [-0.25, -0.2) is 13.4 Å². The average molecular weight is 327 g/mol. The maximum atomic E-state index is 11.8. The normalized spacial score (nSPS) is 20.7. The van der Waals surface area contributed by atoms with Gasteiger partial charge in [0.25, 0.3) is 0 Å². The van der Waals surface area contributed by atoms with E-state index in [9.17, 15) is 8.42 Å². The number of sulfone groups is 1. The lowest BCUT2D eigenvalue weighted by Crippen LogP contribution is -2.34. The third kappa shape index (κ3) is 3.30. The predicted molar refractivity (Wildman–Crippen MR) is 78.9 cm³/mol. The van der Waals surface area contributed by atoms with E-state index in [4.69, 9.17) is 0 Å². The molecule has 1 N–H and O–H groups in total. The molecule has 1 saturated heterocycles. The molecule has 21 heavy (non-hydrogen) atoms. The van der Waals surface area contributed by atoms with Crippen molar-refractivity contribution < 1.29 is 8.42 Å². The molecule has 9 heteroatoms. The first-order chi connectivity index (χ1) is 10.0. The van der Waals surface area contributed by atoms with E-state index >= 15 is 0 Å². The van der Waals surface area contributed by atoms with Crippen molar-refractivity contribution in [1.82, 2.24) is 24.5 Å². The summed E-state index contributed by atoms with van der Waals surface area (Å²) in [7, 11) is -3.25. The SMILES string of the molecule is CS(=O)(=O)c1snnc1[C@H]1CCCN(Cc2ncc[nH]2)C1. The molecule has 0 amide bonds. The Kier molecular flexibility index (Phi) is 4.05. The van der Waals surface area contributed by atoms with Gasteiger partial charge >= 0.3 is 0 Å². The number of nitrogens with zero attached hydrogens (tertiary/aromatic N) is 4. The fourth-order valence-electron chi connectivity index (χ4n) is 2.71. The minimum absolute atomic E-state index is 0.122. The highest BCUT2D eigenvalue weighted by Gasteiger charge is 2.29. The van der Waals surface area contributed by atoms with Crippen molar-refractivity contribution in [1.29, 1.82) is 0 Å². The summed E-state index contributed by atoms with van der Waals surface area (Å²) >= 11 is 0.971. The zero-order valence-electron chi connectivity index (χ0n) is 11.7. The van der Waals surface area contributed by atoms with E-state index in [1.54, 1.807) is 6.20 Å². The molecule has 2 aromatic rings. The lowest BCUT2D eigenvalue weighted by atomic mass is 9.95. The molecular formula is C12H17N5O2S2. The molecule has 1 aliphatic heterocycles. The number of nitrogens with one attached hydrogen (secondary N) is 1. The summed E-state index contributed by atoms with van der Waals surface area (Å²) < 4.78 is 27.7. The molecule has 1 aliphatic rings. The second kappa shape index (κ2) is 5.82. The van der Waals surface area contributed by atoms with Gasteiger partial charge in [-0.3, -0.25) is 4.90 Å². The standard InChI is InChI=1S/C12H17N5O2S2/c1-21(18,19)12-11(15-16-20-12)9-3-2-6-17(7-9)8-10-13-4-5-14-10/h4-5,9H,2-3,6-8H2,1H3,(H,13,14)/t9-/m0/s1. The topological polar surface area (TPSA) is 91.8 Å². The summed E-state index contributed by atoms with van der Waals surface area (Å²) in [6.07, 6.45) is 6.73. The number of hydrogen-bond acceptors (Lipinski definition) is 7. The second-order valence-electron chi connectivity index (χ2n) is 5.33. The zero-order chi connectivity index (χ0) is 14.9. The Labute approximate surface area is 127 Å². The van der Waals surface area contributed by atoms with Crippen molar-refractivity contribution in [2.45, 2.75) is 29.5 Å². The van der Waals surface area contributed by atoms with Crippen LogP contribution in [0.2, 0.25) is 0 Å². The van der Waals surface area contributed by atoms with Crippen LogP contribution in [0.3, 0.4) is 0 Å². The molecule has 1 fully saturated rings. The number of hydrogen-bond donors (Lipinski definition) is 1. The predicted octanol–water partition coefficient (Wildman–Crippen LogP) is 1.04. The molecule has 0 unspecified atom stereocenters. The Bertz CT molecular complexity index is 695.